The maximum atomic E-state index is 12.0. The van der Waals surface area contributed by atoms with E-state index in [9.17, 15) is 4.79 Å². The molecule has 0 radical (unpaired) electrons. The van der Waals surface area contributed by atoms with E-state index in [0.29, 0.717) is 32.3 Å². The molecule has 0 spiro atoms. The second-order valence-corrected chi connectivity index (χ2v) is 7.51. The third-order valence-electron chi connectivity index (χ3n) is 3.61. The van der Waals surface area contributed by atoms with Crippen molar-refractivity contribution in [2.45, 2.75) is 39.7 Å². The molecular weight excluding hydrogens is 372 g/mol. The molecule has 8 heteroatoms. The highest BCUT2D eigenvalue weighted by Gasteiger charge is 2.19. The molecule has 0 fully saturated rings. The van der Waals surface area contributed by atoms with Crippen LogP contribution in [-0.4, -0.2) is 69.6 Å². The van der Waals surface area contributed by atoms with Gasteiger partial charge in [-0.3, -0.25) is 4.99 Å². The Balaban J connectivity index is 2.60. The molecule has 1 aromatic rings. The molecule has 0 unspecified atom stereocenters. The summed E-state index contributed by atoms with van der Waals surface area (Å²) in [4.78, 5) is 18.1. The SMILES string of the molecule is CCNC(=NCCN(C)C(=O)OC(C)(C)C)Nc1cccc(OCCCOC)c1. The van der Waals surface area contributed by atoms with E-state index in [1.54, 1.807) is 14.2 Å². The third kappa shape index (κ3) is 11.2. The number of guanidine groups is 1. The highest BCUT2D eigenvalue weighted by molar-refractivity contribution is 5.93. The average molecular weight is 409 g/mol. The Morgan fingerprint density at radius 3 is 2.66 bits per heavy atom. The summed E-state index contributed by atoms with van der Waals surface area (Å²) in [6.07, 6.45) is 0.479. The minimum atomic E-state index is -0.512. The van der Waals surface area contributed by atoms with Crippen LogP contribution in [0.25, 0.3) is 0 Å². The van der Waals surface area contributed by atoms with Gasteiger partial charge in [-0.05, 0) is 39.8 Å². The van der Waals surface area contributed by atoms with E-state index in [0.717, 1.165) is 24.4 Å². The van der Waals surface area contributed by atoms with Crippen molar-refractivity contribution in [1.29, 1.82) is 0 Å². The number of hydrogen-bond acceptors (Lipinski definition) is 5. The lowest BCUT2D eigenvalue weighted by atomic mass is 10.2. The molecule has 1 aromatic carbocycles. The monoisotopic (exact) mass is 408 g/mol. The standard InChI is InChI=1S/C21H36N4O4/c1-7-22-19(23-12-13-25(5)20(26)29-21(2,3)4)24-17-10-8-11-18(16-17)28-15-9-14-27-6/h8,10-11,16H,7,9,12-15H2,1-6H3,(H2,22,23,24). The topological polar surface area (TPSA) is 84.4 Å². The van der Waals surface area contributed by atoms with Crippen LogP contribution in [0.3, 0.4) is 0 Å². The Labute approximate surface area is 174 Å². The van der Waals surface area contributed by atoms with Crippen LogP contribution in [-0.2, 0) is 9.47 Å². The van der Waals surface area contributed by atoms with Gasteiger partial charge in [0, 0.05) is 52.0 Å². The van der Waals surface area contributed by atoms with Crippen LogP contribution in [0.4, 0.5) is 10.5 Å². The van der Waals surface area contributed by atoms with Gasteiger partial charge in [0.25, 0.3) is 0 Å². The largest absolute Gasteiger partial charge is 0.493 e. The summed E-state index contributed by atoms with van der Waals surface area (Å²) in [5, 5.41) is 6.46. The van der Waals surface area contributed by atoms with E-state index in [2.05, 4.69) is 15.6 Å². The van der Waals surface area contributed by atoms with E-state index < -0.39 is 5.60 Å². The normalized spacial score (nSPS) is 11.7. The summed E-state index contributed by atoms with van der Waals surface area (Å²) < 4.78 is 16.1. The predicted octanol–water partition coefficient (Wildman–Crippen LogP) is 3.35. The number of hydrogen-bond donors (Lipinski definition) is 2. The number of nitrogens with one attached hydrogen (secondary N) is 2. The second kappa shape index (κ2) is 12.9. The molecule has 1 amide bonds. The second-order valence-electron chi connectivity index (χ2n) is 7.51. The molecule has 0 aliphatic carbocycles. The van der Waals surface area contributed by atoms with Crippen molar-refractivity contribution in [3.05, 3.63) is 24.3 Å². The smallest absolute Gasteiger partial charge is 0.410 e. The number of rotatable bonds is 10. The fourth-order valence-corrected chi connectivity index (χ4v) is 2.24. The van der Waals surface area contributed by atoms with Crippen molar-refractivity contribution in [2.24, 2.45) is 4.99 Å². The lowest BCUT2D eigenvalue weighted by Gasteiger charge is -2.24. The molecule has 0 saturated carbocycles. The Bertz CT molecular complexity index is 644. The molecule has 0 heterocycles. The van der Waals surface area contributed by atoms with Crippen molar-refractivity contribution < 1.29 is 19.0 Å². The Morgan fingerprint density at radius 2 is 2.00 bits per heavy atom. The highest BCUT2D eigenvalue weighted by atomic mass is 16.6. The molecule has 2 N–H and O–H groups in total. The molecule has 0 atom stereocenters. The summed E-state index contributed by atoms with van der Waals surface area (Å²) in [7, 11) is 3.38. The number of amides is 1. The molecule has 8 nitrogen and oxygen atoms in total. The van der Waals surface area contributed by atoms with Crippen LogP contribution in [0.5, 0.6) is 5.75 Å². The van der Waals surface area contributed by atoms with Crippen LogP contribution in [0.1, 0.15) is 34.1 Å². The molecule has 0 bridgehead atoms. The first-order valence-electron chi connectivity index (χ1n) is 9.96. The Hall–Kier alpha value is -2.48. The van der Waals surface area contributed by atoms with E-state index in [1.165, 1.54) is 4.90 Å². The molecule has 0 aliphatic rings. The average Bonchev–Trinajstić information content (AvgIpc) is 2.64. The van der Waals surface area contributed by atoms with Gasteiger partial charge in [0.05, 0.1) is 13.2 Å². The number of methoxy groups -OCH3 is 1. The number of ether oxygens (including phenoxy) is 3. The quantitative estimate of drug-likeness (QED) is 0.351. The number of carbonyl (C=O) groups excluding carboxylic acids is 1. The number of aliphatic imine (C=N–C) groups is 1. The predicted molar refractivity (Wildman–Crippen MR) is 117 cm³/mol. The van der Waals surface area contributed by atoms with Gasteiger partial charge in [-0.1, -0.05) is 6.07 Å². The summed E-state index contributed by atoms with van der Waals surface area (Å²) in [6, 6.07) is 7.71. The first-order chi connectivity index (χ1) is 13.7. The lowest BCUT2D eigenvalue weighted by Crippen LogP contribution is -2.36. The minimum absolute atomic E-state index is 0.357. The van der Waals surface area contributed by atoms with Crippen LogP contribution >= 0.6 is 0 Å². The molecular formula is C21H36N4O4. The van der Waals surface area contributed by atoms with Gasteiger partial charge in [-0.25, -0.2) is 4.79 Å². The van der Waals surface area contributed by atoms with Crippen LogP contribution in [0.15, 0.2) is 29.3 Å². The van der Waals surface area contributed by atoms with Gasteiger partial charge >= 0.3 is 6.09 Å². The molecule has 1 rings (SSSR count). The van der Waals surface area contributed by atoms with Crippen molar-refractivity contribution >= 4 is 17.7 Å². The van der Waals surface area contributed by atoms with Crippen molar-refractivity contribution in [3.63, 3.8) is 0 Å². The van der Waals surface area contributed by atoms with Crippen LogP contribution in [0.2, 0.25) is 0 Å². The van der Waals surface area contributed by atoms with Gasteiger partial charge in [0.15, 0.2) is 5.96 Å². The third-order valence-corrected chi connectivity index (χ3v) is 3.61. The first-order valence-corrected chi connectivity index (χ1v) is 9.96. The van der Waals surface area contributed by atoms with Crippen LogP contribution in [0, 0.1) is 0 Å². The van der Waals surface area contributed by atoms with E-state index in [-0.39, 0.29) is 6.09 Å². The molecule has 164 valence electrons. The minimum Gasteiger partial charge on any atom is -0.493 e. The summed E-state index contributed by atoms with van der Waals surface area (Å²) >= 11 is 0. The zero-order valence-corrected chi connectivity index (χ0v) is 18.6. The van der Waals surface area contributed by atoms with E-state index in [1.807, 2.05) is 52.0 Å². The van der Waals surface area contributed by atoms with E-state index >= 15 is 0 Å². The highest BCUT2D eigenvalue weighted by Crippen LogP contribution is 2.17. The zero-order valence-electron chi connectivity index (χ0n) is 18.6. The van der Waals surface area contributed by atoms with Crippen molar-refractivity contribution in [2.75, 3.05) is 52.3 Å². The molecule has 0 aliphatic heterocycles. The van der Waals surface area contributed by atoms with Crippen molar-refractivity contribution in [1.82, 2.24) is 10.2 Å². The van der Waals surface area contributed by atoms with Gasteiger partial charge in [0.1, 0.15) is 11.4 Å². The Kier molecular flexibility index (Phi) is 10.9. The van der Waals surface area contributed by atoms with Gasteiger partial charge in [0.2, 0.25) is 0 Å². The number of likely N-dealkylation sites (N-methyl/N-ethyl adjacent to an activating group) is 1. The van der Waals surface area contributed by atoms with Gasteiger partial charge < -0.3 is 29.7 Å². The van der Waals surface area contributed by atoms with E-state index in [4.69, 9.17) is 14.2 Å². The van der Waals surface area contributed by atoms with Crippen LogP contribution < -0.4 is 15.4 Å². The zero-order chi connectivity index (χ0) is 21.7. The number of benzene rings is 1. The molecule has 29 heavy (non-hydrogen) atoms. The summed E-state index contributed by atoms with van der Waals surface area (Å²) in [6.45, 7) is 10.4. The Morgan fingerprint density at radius 1 is 1.24 bits per heavy atom. The first kappa shape index (κ1) is 24.6. The maximum Gasteiger partial charge on any atom is 0.410 e. The maximum absolute atomic E-state index is 12.0. The summed E-state index contributed by atoms with van der Waals surface area (Å²) in [5.41, 5.74) is 0.358. The fourth-order valence-electron chi connectivity index (χ4n) is 2.24. The van der Waals surface area contributed by atoms with Gasteiger partial charge in [-0.15, -0.1) is 0 Å². The molecule has 0 saturated heterocycles. The number of anilines is 1. The number of carbonyl (C=O) groups is 1. The number of nitrogens with zero attached hydrogens (tertiary/aromatic N) is 2. The lowest BCUT2D eigenvalue weighted by molar-refractivity contribution is 0.0304. The fraction of sp³-hybridized carbons (Fsp3) is 0.619. The molecule has 0 aromatic heterocycles. The van der Waals surface area contributed by atoms with Gasteiger partial charge in [-0.2, -0.15) is 0 Å². The van der Waals surface area contributed by atoms with Crippen molar-refractivity contribution in [3.8, 4) is 5.75 Å². The summed E-state index contributed by atoms with van der Waals surface area (Å²) in [5.74, 6) is 1.42.